The van der Waals surface area contributed by atoms with Gasteiger partial charge in [0.25, 0.3) is 0 Å². The zero-order valence-electron chi connectivity index (χ0n) is 16.3. The fraction of sp³-hybridized carbons (Fsp3) is 0.286. The summed E-state index contributed by atoms with van der Waals surface area (Å²) in [7, 11) is 1.59. The Bertz CT molecular complexity index is 1050. The molecule has 0 spiro atoms. The van der Waals surface area contributed by atoms with Crippen LogP contribution in [-0.2, 0) is 6.54 Å². The number of rotatable bonds is 6. The van der Waals surface area contributed by atoms with E-state index in [-0.39, 0.29) is 18.5 Å². The van der Waals surface area contributed by atoms with Gasteiger partial charge in [-0.1, -0.05) is 0 Å². The lowest BCUT2D eigenvalue weighted by atomic mass is 10.1. The number of ether oxygens (including phenoxy) is 3. The van der Waals surface area contributed by atoms with Crippen molar-refractivity contribution < 1.29 is 23.0 Å². The van der Waals surface area contributed by atoms with E-state index < -0.39 is 11.6 Å². The largest absolute Gasteiger partial charge is 0.493 e. The van der Waals surface area contributed by atoms with Crippen LogP contribution >= 0.6 is 0 Å². The van der Waals surface area contributed by atoms with Crippen LogP contribution in [0.1, 0.15) is 29.8 Å². The molecule has 0 amide bonds. The first-order valence-corrected chi connectivity index (χ1v) is 9.17. The van der Waals surface area contributed by atoms with E-state index >= 15 is 0 Å². The lowest BCUT2D eigenvalue weighted by Gasteiger charge is -2.15. The van der Waals surface area contributed by atoms with E-state index in [9.17, 15) is 8.78 Å². The predicted octanol–water partition coefficient (Wildman–Crippen LogP) is 4.05. The summed E-state index contributed by atoms with van der Waals surface area (Å²) in [6, 6.07) is 7.21. The third kappa shape index (κ3) is 3.63. The van der Waals surface area contributed by atoms with Crippen LogP contribution in [0.4, 0.5) is 8.78 Å². The second-order valence-corrected chi connectivity index (χ2v) is 6.83. The molecular weight excluding hydrogens is 380 g/mol. The Morgan fingerprint density at radius 1 is 1.24 bits per heavy atom. The van der Waals surface area contributed by atoms with E-state index in [1.165, 1.54) is 16.8 Å². The van der Waals surface area contributed by atoms with Crippen LogP contribution in [0.25, 0.3) is 5.69 Å². The summed E-state index contributed by atoms with van der Waals surface area (Å²) in [5.74, 6) is 0.619. The SMILES string of the molecule is COc1cc(CN[C@@H](C)c2cnn(-c3ccc(F)cc3F)c2C)cc2c1OCO2. The molecule has 0 radical (unpaired) electrons. The predicted molar refractivity (Wildman–Crippen MR) is 103 cm³/mol. The minimum Gasteiger partial charge on any atom is -0.493 e. The lowest BCUT2D eigenvalue weighted by molar-refractivity contribution is 0.171. The molecule has 0 saturated carbocycles. The van der Waals surface area contributed by atoms with E-state index in [0.717, 1.165) is 22.9 Å². The van der Waals surface area contributed by atoms with E-state index in [4.69, 9.17) is 14.2 Å². The summed E-state index contributed by atoms with van der Waals surface area (Å²) in [6.07, 6.45) is 1.69. The minimum absolute atomic E-state index is 0.0522. The molecule has 4 rings (SSSR count). The van der Waals surface area contributed by atoms with E-state index in [1.807, 2.05) is 26.0 Å². The van der Waals surface area contributed by atoms with Gasteiger partial charge in [0.2, 0.25) is 12.5 Å². The summed E-state index contributed by atoms with van der Waals surface area (Å²) < 4.78 is 45.0. The molecule has 1 atom stereocenters. The molecule has 0 aliphatic carbocycles. The van der Waals surface area contributed by atoms with Crippen molar-refractivity contribution in [2.24, 2.45) is 0 Å². The molecule has 1 N–H and O–H groups in total. The maximum absolute atomic E-state index is 14.1. The van der Waals surface area contributed by atoms with E-state index in [2.05, 4.69) is 10.4 Å². The van der Waals surface area contributed by atoms with Crippen LogP contribution in [0.15, 0.2) is 36.5 Å². The molecule has 152 valence electrons. The van der Waals surface area contributed by atoms with Gasteiger partial charge in [-0.3, -0.25) is 0 Å². The van der Waals surface area contributed by atoms with Gasteiger partial charge in [-0.15, -0.1) is 0 Å². The van der Waals surface area contributed by atoms with Gasteiger partial charge in [0.15, 0.2) is 17.3 Å². The first kappa shape index (κ1) is 19.2. The van der Waals surface area contributed by atoms with E-state index in [1.54, 1.807) is 13.3 Å². The number of benzene rings is 2. The number of aromatic nitrogens is 2. The van der Waals surface area contributed by atoms with Crippen LogP contribution in [0.5, 0.6) is 17.2 Å². The van der Waals surface area contributed by atoms with Crippen molar-refractivity contribution in [3.63, 3.8) is 0 Å². The maximum Gasteiger partial charge on any atom is 0.231 e. The highest BCUT2D eigenvalue weighted by atomic mass is 19.1. The van der Waals surface area contributed by atoms with Gasteiger partial charge < -0.3 is 19.5 Å². The molecule has 1 aromatic heterocycles. The fourth-order valence-electron chi connectivity index (χ4n) is 3.41. The molecular formula is C21H21F2N3O3. The molecule has 6 nitrogen and oxygen atoms in total. The summed E-state index contributed by atoms with van der Waals surface area (Å²) in [6.45, 7) is 4.59. The van der Waals surface area contributed by atoms with Crippen molar-refractivity contribution in [3.05, 3.63) is 65.0 Å². The third-order valence-corrected chi connectivity index (χ3v) is 4.98. The van der Waals surface area contributed by atoms with E-state index in [0.29, 0.717) is 23.8 Å². The highest BCUT2D eigenvalue weighted by Crippen LogP contribution is 2.41. The molecule has 2 aromatic carbocycles. The number of nitrogens with one attached hydrogen (secondary N) is 1. The smallest absolute Gasteiger partial charge is 0.231 e. The zero-order valence-corrected chi connectivity index (χ0v) is 16.3. The van der Waals surface area contributed by atoms with Crippen LogP contribution in [0.3, 0.4) is 0 Å². The minimum atomic E-state index is -0.657. The maximum atomic E-state index is 14.1. The quantitative estimate of drug-likeness (QED) is 0.676. The third-order valence-electron chi connectivity index (χ3n) is 4.98. The molecule has 0 unspecified atom stereocenters. The molecule has 29 heavy (non-hydrogen) atoms. The van der Waals surface area contributed by atoms with Crippen molar-refractivity contribution in [1.82, 2.24) is 15.1 Å². The van der Waals surface area contributed by atoms with Gasteiger partial charge in [0.1, 0.15) is 11.5 Å². The second kappa shape index (κ2) is 7.71. The topological polar surface area (TPSA) is 57.5 Å². The number of methoxy groups -OCH3 is 1. The monoisotopic (exact) mass is 401 g/mol. The summed E-state index contributed by atoms with van der Waals surface area (Å²) in [5.41, 5.74) is 2.88. The summed E-state index contributed by atoms with van der Waals surface area (Å²) in [5, 5.41) is 7.71. The Kier molecular flexibility index (Phi) is 5.10. The molecule has 0 saturated heterocycles. The van der Waals surface area contributed by atoms with Gasteiger partial charge >= 0.3 is 0 Å². The van der Waals surface area contributed by atoms with Crippen molar-refractivity contribution in [3.8, 4) is 22.9 Å². The summed E-state index contributed by atoms with van der Waals surface area (Å²) >= 11 is 0. The first-order chi connectivity index (χ1) is 14.0. The molecule has 0 bridgehead atoms. The summed E-state index contributed by atoms with van der Waals surface area (Å²) in [4.78, 5) is 0. The lowest BCUT2D eigenvalue weighted by Crippen LogP contribution is -2.18. The van der Waals surface area contributed by atoms with Crippen molar-refractivity contribution in [2.45, 2.75) is 26.4 Å². The Morgan fingerprint density at radius 2 is 2.07 bits per heavy atom. The standard InChI is InChI=1S/C21H21F2N3O3/c1-12(24-9-14-6-19(27-3)21-20(7-14)28-11-29-21)16-10-25-26(13(16)2)18-5-4-15(22)8-17(18)23/h4-8,10,12,24H,9,11H2,1-3H3/t12-/m0/s1. The van der Waals surface area contributed by atoms with Gasteiger partial charge in [-0.25, -0.2) is 13.5 Å². The van der Waals surface area contributed by atoms with Crippen molar-refractivity contribution >= 4 is 0 Å². The molecule has 2 heterocycles. The average molecular weight is 401 g/mol. The number of nitrogens with zero attached hydrogens (tertiary/aromatic N) is 2. The Labute approximate surface area is 167 Å². The molecule has 3 aromatic rings. The fourth-order valence-corrected chi connectivity index (χ4v) is 3.41. The molecule has 1 aliphatic rings. The van der Waals surface area contributed by atoms with Gasteiger partial charge in [-0.2, -0.15) is 5.10 Å². The molecule has 8 heteroatoms. The number of hydrogen-bond acceptors (Lipinski definition) is 5. The zero-order chi connectivity index (χ0) is 20.5. The first-order valence-electron chi connectivity index (χ1n) is 9.17. The highest BCUT2D eigenvalue weighted by Gasteiger charge is 2.21. The Balaban J connectivity index is 1.51. The Morgan fingerprint density at radius 3 is 2.83 bits per heavy atom. The number of hydrogen-bond donors (Lipinski definition) is 1. The second-order valence-electron chi connectivity index (χ2n) is 6.83. The van der Waals surface area contributed by atoms with Gasteiger partial charge in [0.05, 0.1) is 13.3 Å². The van der Waals surface area contributed by atoms with Crippen LogP contribution in [-0.4, -0.2) is 23.7 Å². The van der Waals surface area contributed by atoms with Gasteiger partial charge in [0, 0.05) is 29.9 Å². The number of fused-ring (bicyclic) bond motifs is 1. The molecule has 1 aliphatic heterocycles. The van der Waals surface area contributed by atoms with Crippen LogP contribution in [0.2, 0.25) is 0 Å². The number of halogens is 2. The average Bonchev–Trinajstić information content (AvgIpc) is 3.32. The van der Waals surface area contributed by atoms with Crippen LogP contribution in [0, 0.1) is 18.6 Å². The normalized spacial score (nSPS) is 13.6. The Hall–Kier alpha value is -3.13. The van der Waals surface area contributed by atoms with Crippen molar-refractivity contribution in [1.29, 1.82) is 0 Å². The highest BCUT2D eigenvalue weighted by molar-refractivity contribution is 5.55. The van der Waals surface area contributed by atoms with Gasteiger partial charge in [-0.05, 0) is 43.7 Å². The van der Waals surface area contributed by atoms with Crippen molar-refractivity contribution in [2.75, 3.05) is 13.9 Å². The van der Waals surface area contributed by atoms with Crippen LogP contribution < -0.4 is 19.5 Å². The molecule has 0 fully saturated rings.